The van der Waals surface area contributed by atoms with Crippen molar-refractivity contribution in [1.82, 2.24) is 5.32 Å². The van der Waals surface area contributed by atoms with Gasteiger partial charge in [-0.25, -0.2) is 17.2 Å². The van der Waals surface area contributed by atoms with Crippen LogP contribution < -0.4 is 10.2 Å². The fraction of sp³-hybridized carbons (Fsp3) is 0.467. The van der Waals surface area contributed by atoms with Crippen molar-refractivity contribution in [3.8, 4) is 0 Å². The monoisotopic (exact) mass is 360 g/mol. The molecule has 0 aromatic heterocycles. The molecule has 0 aliphatic carbocycles. The molecular weight excluding hydrogens is 342 g/mol. The van der Waals surface area contributed by atoms with Gasteiger partial charge in [0.25, 0.3) is 0 Å². The van der Waals surface area contributed by atoms with E-state index in [2.05, 4.69) is 5.32 Å². The third kappa shape index (κ3) is 4.73. The summed E-state index contributed by atoms with van der Waals surface area (Å²) in [5.41, 5.74) is -0.111. The molecule has 9 heteroatoms. The number of carbonyl (C=O) groups excluding carboxylic acids is 2. The Kier molecular flexibility index (Phi) is 5.53. The van der Waals surface area contributed by atoms with E-state index in [0.717, 1.165) is 17.0 Å². The zero-order chi connectivity index (χ0) is 17.9. The Hall–Kier alpha value is -2.03. The number of nitrogens with one attached hydrogen (secondary N) is 1. The molecule has 1 fully saturated rings. The zero-order valence-electron chi connectivity index (χ0n) is 13.1. The highest BCUT2D eigenvalue weighted by molar-refractivity contribution is 7.91. The van der Waals surface area contributed by atoms with Crippen LogP contribution >= 0.6 is 0 Å². The minimum absolute atomic E-state index is 0.0400. The number of anilines is 1. The van der Waals surface area contributed by atoms with Gasteiger partial charge >= 0.3 is 0 Å². The molecule has 0 radical (unpaired) electrons. The third-order valence-corrected chi connectivity index (χ3v) is 5.51. The largest absolute Gasteiger partial charge is 0.352 e. The highest BCUT2D eigenvalue weighted by atomic mass is 32.2. The van der Waals surface area contributed by atoms with E-state index < -0.39 is 39.3 Å². The summed E-state index contributed by atoms with van der Waals surface area (Å²) in [6.45, 7) is 1.12. The maximum Gasteiger partial charge on any atom is 0.223 e. The molecule has 0 saturated carbocycles. The zero-order valence-corrected chi connectivity index (χ0v) is 13.9. The van der Waals surface area contributed by atoms with E-state index in [4.69, 9.17) is 0 Å². The number of nitrogens with zero attached hydrogens (tertiary/aromatic N) is 1. The molecule has 1 unspecified atom stereocenters. The van der Waals surface area contributed by atoms with Crippen LogP contribution in [0.25, 0.3) is 0 Å². The Balaban J connectivity index is 1.96. The van der Waals surface area contributed by atoms with E-state index in [9.17, 15) is 26.8 Å². The molecule has 1 heterocycles. The van der Waals surface area contributed by atoms with Gasteiger partial charge in [0.1, 0.15) is 11.6 Å². The lowest BCUT2D eigenvalue weighted by atomic mass is 10.2. The van der Waals surface area contributed by atoms with Gasteiger partial charge in [0.05, 0.1) is 17.2 Å². The highest BCUT2D eigenvalue weighted by Crippen LogP contribution is 2.20. The highest BCUT2D eigenvalue weighted by Gasteiger charge is 2.29. The summed E-state index contributed by atoms with van der Waals surface area (Å²) in [5, 5.41) is 2.59. The van der Waals surface area contributed by atoms with Crippen LogP contribution in [0.5, 0.6) is 0 Å². The van der Waals surface area contributed by atoms with Crippen LogP contribution in [0.4, 0.5) is 14.5 Å². The van der Waals surface area contributed by atoms with Gasteiger partial charge in [0.15, 0.2) is 9.84 Å². The minimum Gasteiger partial charge on any atom is -0.352 e. The van der Waals surface area contributed by atoms with Gasteiger partial charge in [0, 0.05) is 32.0 Å². The first-order valence-corrected chi connectivity index (χ1v) is 9.23. The fourth-order valence-corrected chi connectivity index (χ4v) is 4.24. The van der Waals surface area contributed by atoms with E-state index in [-0.39, 0.29) is 30.2 Å². The number of rotatable bonds is 5. The van der Waals surface area contributed by atoms with Crippen LogP contribution in [0, 0.1) is 11.6 Å². The maximum absolute atomic E-state index is 13.8. The number of halogens is 2. The quantitative estimate of drug-likeness (QED) is 0.850. The molecule has 0 bridgehead atoms. The third-order valence-electron chi connectivity index (χ3n) is 3.74. The van der Waals surface area contributed by atoms with Crippen LogP contribution in [0.3, 0.4) is 0 Å². The van der Waals surface area contributed by atoms with E-state index in [1.165, 1.54) is 6.92 Å². The summed E-state index contributed by atoms with van der Waals surface area (Å²) < 4.78 is 49.5. The van der Waals surface area contributed by atoms with Crippen LogP contribution in [0.2, 0.25) is 0 Å². The van der Waals surface area contributed by atoms with E-state index in [0.29, 0.717) is 12.5 Å². The van der Waals surface area contributed by atoms with Crippen molar-refractivity contribution in [1.29, 1.82) is 0 Å². The molecule has 1 aromatic carbocycles. The van der Waals surface area contributed by atoms with Gasteiger partial charge < -0.3 is 10.2 Å². The molecule has 1 aromatic rings. The Morgan fingerprint density at radius 2 is 2.04 bits per heavy atom. The predicted molar refractivity (Wildman–Crippen MR) is 84.2 cm³/mol. The molecule has 132 valence electrons. The molecule has 1 aliphatic rings. The van der Waals surface area contributed by atoms with Gasteiger partial charge in [-0.15, -0.1) is 0 Å². The summed E-state index contributed by atoms with van der Waals surface area (Å²) in [6.07, 6.45) is 0.240. The van der Waals surface area contributed by atoms with Crippen LogP contribution in [-0.2, 0) is 19.4 Å². The molecule has 0 spiro atoms. The standard InChI is InChI=1S/C15H18F2N2O4S/c1-10(20)19(14-3-2-11(16)8-13(14)17)6-4-15(21)18-12-5-7-24(22,23)9-12/h2-3,8,12H,4-7,9H2,1H3,(H,18,21). The minimum atomic E-state index is -3.10. The number of amides is 2. The van der Waals surface area contributed by atoms with E-state index in [1.807, 2.05) is 0 Å². The molecular formula is C15H18F2N2O4S. The fourth-order valence-electron chi connectivity index (χ4n) is 2.57. The maximum atomic E-state index is 13.8. The summed E-state index contributed by atoms with van der Waals surface area (Å²) in [4.78, 5) is 24.6. The smallest absolute Gasteiger partial charge is 0.223 e. The van der Waals surface area contributed by atoms with Crippen molar-refractivity contribution in [2.45, 2.75) is 25.8 Å². The van der Waals surface area contributed by atoms with Crippen molar-refractivity contribution in [2.24, 2.45) is 0 Å². The molecule has 6 nitrogen and oxygen atoms in total. The first kappa shape index (κ1) is 18.3. The lowest BCUT2D eigenvalue weighted by Crippen LogP contribution is -2.39. The number of benzene rings is 1. The lowest BCUT2D eigenvalue weighted by molar-refractivity contribution is -0.121. The second kappa shape index (κ2) is 7.25. The molecule has 1 N–H and O–H groups in total. The first-order valence-electron chi connectivity index (χ1n) is 7.41. The van der Waals surface area contributed by atoms with Gasteiger partial charge in [0.2, 0.25) is 11.8 Å². The Morgan fingerprint density at radius 3 is 2.58 bits per heavy atom. The molecule has 1 aliphatic heterocycles. The summed E-state index contributed by atoms with van der Waals surface area (Å²) >= 11 is 0. The lowest BCUT2D eigenvalue weighted by Gasteiger charge is -2.22. The SMILES string of the molecule is CC(=O)N(CCC(=O)NC1CCS(=O)(=O)C1)c1ccc(F)cc1F. The summed E-state index contributed by atoms with van der Waals surface area (Å²) in [7, 11) is -3.10. The Labute approximate surface area is 138 Å². The Morgan fingerprint density at radius 1 is 1.33 bits per heavy atom. The Bertz CT molecular complexity index is 752. The summed E-state index contributed by atoms with van der Waals surface area (Å²) in [6, 6.07) is 2.39. The average Bonchev–Trinajstić information content (AvgIpc) is 2.79. The molecule has 2 rings (SSSR count). The van der Waals surface area contributed by atoms with Crippen LogP contribution in [0.15, 0.2) is 18.2 Å². The van der Waals surface area contributed by atoms with Gasteiger partial charge in [-0.1, -0.05) is 0 Å². The number of sulfone groups is 1. The van der Waals surface area contributed by atoms with Crippen molar-refractivity contribution in [3.05, 3.63) is 29.8 Å². The normalized spacial score (nSPS) is 19.0. The molecule has 24 heavy (non-hydrogen) atoms. The van der Waals surface area contributed by atoms with E-state index >= 15 is 0 Å². The van der Waals surface area contributed by atoms with Gasteiger partial charge in [-0.2, -0.15) is 0 Å². The number of hydrogen-bond donors (Lipinski definition) is 1. The van der Waals surface area contributed by atoms with Crippen molar-refractivity contribution < 1.29 is 26.8 Å². The first-order chi connectivity index (χ1) is 11.2. The second-order valence-electron chi connectivity index (χ2n) is 5.68. The van der Waals surface area contributed by atoms with Crippen LogP contribution in [-0.4, -0.2) is 44.3 Å². The van der Waals surface area contributed by atoms with Crippen molar-refractivity contribution >= 4 is 27.3 Å². The van der Waals surface area contributed by atoms with Crippen molar-refractivity contribution in [3.63, 3.8) is 0 Å². The summed E-state index contributed by atoms with van der Waals surface area (Å²) in [5.74, 6) is -2.63. The average molecular weight is 360 g/mol. The topological polar surface area (TPSA) is 83.6 Å². The van der Waals surface area contributed by atoms with Crippen molar-refractivity contribution in [2.75, 3.05) is 23.0 Å². The molecule has 2 amide bonds. The van der Waals surface area contributed by atoms with E-state index in [1.54, 1.807) is 0 Å². The van der Waals surface area contributed by atoms with Gasteiger partial charge in [-0.3, -0.25) is 9.59 Å². The second-order valence-corrected chi connectivity index (χ2v) is 7.91. The number of carbonyl (C=O) groups is 2. The molecule has 1 saturated heterocycles. The van der Waals surface area contributed by atoms with Crippen LogP contribution in [0.1, 0.15) is 19.8 Å². The van der Waals surface area contributed by atoms with Gasteiger partial charge in [-0.05, 0) is 18.6 Å². The predicted octanol–water partition coefficient (Wildman–Crippen LogP) is 1.01. The molecule has 1 atom stereocenters. The number of hydrogen-bond acceptors (Lipinski definition) is 4.